The summed E-state index contributed by atoms with van der Waals surface area (Å²) in [5.74, 6) is 1.94. The van der Waals surface area contributed by atoms with Crippen LogP contribution in [0, 0.1) is 17.3 Å². The van der Waals surface area contributed by atoms with E-state index in [2.05, 4.69) is 15.4 Å². The number of hydrogen-bond acceptors (Lipinski definition) is 4. The van der Waals surface area contributed by atoms with Crippen LogP contribution in [-0.2, 0) is 10.3 Å². The van der Waals surface area contributed by atoms with E-state index in [1.54, 1.807) is 6.33 Å². The Morgan fingerprint density at radius 3 is 2.71 bits per heavy atom. The average molecular weight is 401 g/mol. The molecule has 2 unspecified atom stereocenters. The van der Waals surface area contributed by atoms with Gasteiger partial charge in [0.1, 0.15) is 12.1 Å². The highest BCUT2D eigenvalue weighted by molar-refractivity contribution is 6.28. The predicted molar refractivity (Wildman–Crippen MR) is 106 cm³/mol. The molecule has 0 saturated heterocycles. The summed E-state index contributed by atoms with van der Waals surface area (Å²) >= 11 is 6.02. The van der Waals surface area contributed by atoms with Crippen molar-refractivity contribution < 1.29 is 9.53 Å². The Kier molecular flexibility index (Phi) is 4.16. The van der Waals surface area contributed by atoms with Crippen LogP contribution in [0.1, 0.15) is 45.4 Å². The summed E-state index contributed by atoms with van der Waals surface area (Å²) in [6.45, 7) is 2.52. The minimum atomic E-state index is -0.359. The van der Waals surface area contributed by atoms with Crippen molar-refractivity contribution in [3.63, 3.8) is 0 Å². The summed E-state index contributed by atoms with van der Waals surface area (Å²) < 4.78 is 7.64. The molecule has 0 spiro atoms. The van der Waals surface area contributed by atoms with Gasteiger partial charge in [0.15, 0.2) is 0 Å². The second-order valence-electron chi connectivity index (χ2n) is 8.81. The Balaban J connectivity index is 1.46. The number of anilines is 1. The lowest BCUT2D eigenvalue weighted by atomic mass is 9.46. The molecule has 4 aliphatic carbocycles. The molecular formula is C21H25ClN4O2. The van der Waals surface area contributed by atoms with Crippen LogP contribution >= 0.6 is 11.6 Å². The van der Waals surface area contributed by atoms with E-state index in [1.807, 2.05) is 35.9 Å². The van der Waals surface area contributed by atoms with Crippen molar-refractivity contribution in [3.8, 4) is 5.75 Å². The lowest BCUT2D eigenvalue weighted by Crippen LogP contribution is -2.60. The van der Waals surface area contributed by atoms with Gasteiger partial charge in [-0.25, -0.2) is 9.67 Å². The smallest absolute Gasteiger partial charge is 0.242 e. The summed E-state index contributed by atoms with van der Waals surface area (Å²) in [5.41, 5.74) is 0.256. The van der Waals surface area contributed by atoms with Crippen molar-refractivity contribution in [2.75, 3.05) is 11.9 Å². The number of rotatable bonds is 5. The van der Waals surface area contributed by atoms with Crippen molar-refractivity contribution in [2.24, 2.45) is 17.3 Å². The van der Waals surface area contributed by atoms with Gasteiger partial charge in [0.2, 0.25) is 11.2 Å². The van der Waals surface area contributed by atoms with E-state index in [1.165, 1.54) is 6.42 Å². The molecule has 1 aromatic carbocycles. The molecular weight excluding hydrogens is 376 g/mol. The molecule has 4 bridgehead atoms. The number of carbonyl (C=O) groups is 1. The number of halogens is 1. The van der Waals surface area contributed by atoms with Crippen molar-refractivity contribution in [2.45, 2.75) is 51.0 Å². The topological polar surface area (TPSA) is 69.0 Å². The number of para-hydroxylation sites is 2. The first-order valence-electron chi connectivity index (χ1n) is 10.1. The molecule has 2 atom stereocenters. The van der Waals surface area contributed by atoms with Crippen LogP contribution in [0.15, 0.2) is 30.6 Å². The zero-order chi connectivity index (χ0) is 19.4. The fourth-order valence-electron chi connectivity index (χ4n) is 6.33. The third-order valence-corrected chi connectivity index (χ3v) is 7.07. The molecule has 1 N–H and O–H groups in total. The van der Waals surface area contributed by atoms with E-state index in [4.69, 9.17) is 16.3 Å². The van der Waals surface area contributed by atoms with E-state index in [-0.39, 0.29) is 22.1 Å². The highest BCUT2D eigenvalue weighted by atomic mass is 35.5. The molecule has 7 heteroatoms. The van der Waals surface area contributed by atoms with Gasteiger partial charge in [-0.2, -0.15) is 0 Å². The lowest BCUT2D eigenvalue weighted by molar-refractivity contribution is -0.150. The van der Waals surface area contributed by atoms with Crippen LogP contribution in [0.3, 0.4) is 0 Å². The van der Waals surface area contributed by atoms with Crippen LogP contribution in [0.4, 0.5) is 5.69 Å². The predicted octanol–water partition coefficient (Wildman–Crippen LogP) is 4.26. The molecule has 4 fully saturated rings. The number of aromatic nitrogens is 3. The summed E-state index contributed by atoms with van der Waals surface area (Å²) in [6.07, 6.45) is 7.80. The molecule has 2 aromatic rings. The normalized spacial score (nSPS) is 33.1. The van der Waals surface area contributed by atoms with Gasteiger partial charge < -0.3 is 10.1 Å². The van der Waals surface area contributed by atoms with Gasteiger partial charge in [-0.3, -0.25) is 4.79 Å². The van der Waals surface area contributed by atoms with Crippen molar-refractivity contribution in [3.05, 3.63) is 35.9 Å². The third kappa shape index (κ3) is 2.81. The Morgan fingerprint density at radius 2 is 2.04 bits per heavy atom. The van der Waals surface area contributed by atoms with Gasteiger partial charge in [0.05, 0.1) is 23.2 Å². The Bertz CT molecular complexity index is 897. The van der Waals surface area contributed by atoms with E-state index in [9.17, 15) is 4.79 Å². The van der Waals surface area contributed by atoms with Gasteiger partial charge in [-0.1, -0.05) is 12.1 Å². The fraction of sp³-hybridized carbons (Fsp3) is 0.571. The summed E-state index contributed by atoms with van der Waals surface area (Å²) in [4.78, 5) is 17.7. The fourth-order valence-corrected chi connectivity index (χ4v) is 6.45. The molecule has 1 amide bonds. The molecule has 6 rings (SSSR count). The monoisotopic (exact) mass is 400 g/mol. The molecule has 0 aliphatic heterocycles. The minimum Gasteiger partial charge on any atom is -0.492 e. The minimum absolute atomic E-state index is 0.115. The number of hydrogen-bond donors (Lipinski definition) is 1. The maximum atomic E-state index is 13.6. The highest BCUT2D eigenvalue weighted by Crippen LogP contribution is 2.64. The van der Waals surface area contributed by atoms with E-state index >= 15 is 0 Å². The zero-order valence-corrected chi connectivity index (χ0v) is 16.8. The highest BCUT2D eigenvalue weighted by Gasteiger charge is 2.61. The standard InChI is InChI=1S/C21H25ClN4O2/c1-2-28-17-6-4-3-5-16(17)24-18(27)20-8-14-7-15(9-20)11-21(10-14,12-20)26-13-23-19(22)25-26/h3-6,13-15H,2,7-12H2,1H3,(H,24,27). The molecule has 28 heavy (non-hydrogen) atoms. The van der Waals surface area contributed by atoms with Crippen LogP contribution < -0.4 is 10.1 Å². The van der Waals surface area contributed by atoms with Crippen LogP contribution in [0.5, 0.6) is 5.75 Å². The van der Waals surface area contributed by atoms with E-state index < -0.39 is 0 Å². The second kappa shape index (κ2) is 6.48. The number of carbonyl (C=O) groups excluding carboxylic acids is 1. The lowest BCUT2D eigenvalue weighted by Gasteiger charge is -2.60. The number of amides is 1. The summed E-state index contributed by atoms with van der Waals surface area (Å²) in [5, 5.41) is 7.90. The number of benzene rings is 1. The van der Waals surface area contributed by atoms with Crippen LogP contribution in [-0.4, -0.2) is 27.3 Å². The van der Waals surface area contributed by atoms with Crippen molar-refractivity contribution in [1.29, 1.82) is 0 Å². The van der Waals surface area contributed by atoms with Gasteiger partial charge in [-0.05, 0) is 81.0 Å². The van der Waals surface area contributed by atoms with Gasteiger partial charge in [0.25, 0.3) is 0 Å². The molecule has 0 radical (unpaired) electrons. The number of nitrogens with one attached hydrogen (secondary N) is 1. The maximum Gasteiger partial charge on any atom is 0.242 e. The number of nitrogens with zero attached hydrogens (tertiary/aromatic N) is 3. The Labute approximate surface area is 169 Å². The molecule has 4 saturated carbocycles. The van der Waals surface area contributed by atoms with Crippen LogP contribution in [0.2, 0.25) is 5.28 Å². The van der Waals surface area contributed by atoms with Crippen molar-refractivity contribution in [1.82, 2.24) is 14.8 Å². The summed E-state index contributed by atoms with van der Waals surface area (Å²) in [6, 6.07) is 7.67. The molecule has 4 aliphatic rings. The Hall–Kier alpha value is -2.08. The third-order valence-electron chi connectivity index (χ3n) is 6.90. The second-order valence-corrected chi connectivity index (χ2v) is 9.15. The zero-order valence-electron chi connectivity index (χ0n) is 16.0. The number of ether oxygens (including phenoxy) is 1. The van der Waals surface area contributed by atoms with Gasteiger partial charge >= 0.3 is 0 Å². The van der Waals surface area contributed by atoms with Crippen molar-refractivity contribution >= 4 is 23.2 Å². The van der Waals surface area contributed by atoms with E-state index in [0.717, 1.165) is 43.5 Å². The Morgan fingerprint density at radius 1 is 1.29 bits per heavy atom. The first-order valence-corrected chi connectivity index (χ1v) is 10.5. The first-order chi connectivity index (χ1) is 13.5. The average Bonchev–Trinajstić information content (AvgIpc) is 3.10. The molecule has 148 valence electrons. The quantitative estimate of drug-likeness (QED) is 0.813. The molecule has 1 heterocycles. The van der Waals surface area contributed by atoms with Crippen LogP contribution in [0.25, 0.3) is 0 Å². The molecule has 1 aromatic heterocycles. The van der Waals surface area contributed by atoms with Gasteiger partial charge in [0, 0.05) is 0 Å². The SMILES string of the molecule is CCOc1ccccc1NC(=O)C12CC3CC(C1)CC(n1cnc(Cl)n1)(C3)C2. The molecule has 6 nitrogen and oxygen atoms in total. The van der Waals surface area contributed by atoms with Gasteiger partial charge in [-0.15, -0.1) is 5.10 Å². The maximum absolute atomic E-state index is 13.6. The summed E-state index contributed by atoms with van der Waals surface area (Å²) in [7, 11) is 0. The largest absolute Gasteiger partial charge is 0.492 e. The first kappa shape index (κ1) is 18.0. The van der Waals surface area contributed by atoms with E-state index in [0.29, 0.717) is 18.4 Å².